The first-order chi connectivity index (χ1) is 6.56. The summed E-state index contributed by atoms with van der Waals surface area (Å²) in [5, 5.41) is 3.36. The van der Waals surface area contributed by atoms with Gasteiger partial charge in [0.15, 0.2) is 0 Å². The highest BCUT2D eigenvalue weighted by atomic mass is 16.3. The molecule has 0 aliphatic heterocycles. The molecule has 1 unspecified atom stereocenters. The van der Waals surface area contributed by atoms with Crippen molar-refractivity contribution >= 4 is 0 Å². The lowest BCUT2D eigenvalue weighted by Gasteiger charge is -2.10. The first-order valence-electron chi connectivity index (χ1n) is 5.05. The van der Waals surface area contributed by atoms with Crippen LogP contribution in [0.2, 0.25) is 0 Å². The van der Waals surface area contributed by atoms with E-state index in [1.54, 1.807) is 0 Å². The number of nitrogens with one attached hydrogen (secondary N) is 1. The fourth-order valence-electron chi connectivity index (χ4n) is 1.46. The smallest absolute Gasteiger partial charge is 0.105 e. The Labute approximate surface area is 85.7 Å². The molecule has 0 aromatic carbocycles. The van der Waals surface area contributed by atoms with Crippen molar-refractivity contribution < 1.29 is 4.42 Å². The molecule has 80 valence electrons. The van der Waals surface area contributed by atoms with Crippen molar-refractivity contribution in [3.8, 4) is 0 Å². The molecule has 0 saturated heterocycles. The highest BCUT2D eigenvalue weighted by molar-refractivity contribution is 5.31. The van der Waals surface area contributed by atoms with Gasteiger partial charge in [-0.05, 0) is 33.3 Å². The summed E-state index contributed by atoms with van der Waals surface area (Å²) in [6.07, 6.45) is 0. The Hall–Kier alpha value is -0.800. The number of furan rings is 1. The number of hydrogen-bond acceptors (Lipinski definition) is 3. The molecule has 1 rings (SSSR count). The van der Waals surface area contributed by atoms with E-state index in [1.165, 1.54) is 11.1 Å². The van der Waals surface area contributed by atoms with Gasteiger partial charge in [-0.1, -0.05) is 0 Å². The first kappa shape index (κ1) is 11.3. The molecule has 3 heteroatoms. The average Bonchev–Trinajstić information content (AvgIpc) is 2.39. The van der Waals surface area contributed by atoms with E-state index < -0.39 is 0 Å². The predicted molar refractivity (Wildman–Crippen MR) is 58.3 cm³/mol. The van der Waals surface area contributed by atoms with Crippen molar-refractivity contribution in [2.24, 2.45) is 5.73 Å². The minimum Gasteiger partial charge on any atom is -0.466 e. The first-order valence-corrected chi connectivity index (χ1v) is 5.05. The maximum absolute atomic E-state index is 5.54. The molecular formula is C11H20N2O. The van der Waals surface area contributed by atoms with Crippen LogP contribution in [0.3, 0.4) is 0 Å². The fourth-order valence-corrected chi connectivity index (χ4v) is 1.46. The monoisotopic (exact) mass is 196 g/mol. The maximum Gasteiger partial charge on any atom is 0.105 e. The molecule has 3 nitrogen and oxygen atoms in total. The lowest BCUT2D eigenvalue weighted by molar-refractivity contribution is 0.493. The van der Waals surface area contributed by atoms with Gasteiger partial charge in [-0.15, -0.1) is 0 Å². The zero-order valence-corrected chi connectivity index (χ0v) is 9.48. The summed E-state index contributed by atoms with van der Waals surface area (Å²) in [7, 11) is 0. The molecule has 0 fully saturated rings. The Balaban J connectivity index is 2.67. The van der Waals surface area contributed by atoms with E-state index in [9.17, 15) is 0 Å². The van der Waals surface area contributed by atoms with Gasteiger partial charge in [0.05, 0.1) is 0 Å². The summed E-state index contributed by atoms with van der Waals surface area (Å²) in [6, 6.07) is 0.351. The van der Waals surface area contributed by atoms with E-state index >= 15 is 0 Å². The van der Waals surface area contributed by atoms with Crippen LogP contribution < -0.4 is 11.1 Å². The second-order valence-electron chi connectivity index (χ2n) is 3.84. The van der Waals surface area contributed by atoms with Gasteiger partial charge in [-0.2, -0.15) is 0 Å². The summed E-state index contributed by atoms with van der Waals surface area (Å²) >= 11 is 0. The predicted octanol–water partition coefficient (Wildman–Crippen LogP) is 1.64. The van der Waals surface area contributed by atoms with Crippen LogP contribution in [0, 0.1) is 20.8 Å². The molecule has 1 atom stereocenters. The van der Waals surface area contributed by atoms with Crippen LogP contribution in [0.4, 0.5) is 0 Å². The van der Waals surface area contributed by atoms with Gasteiger partial charge in [0.2, 0.25) is 0 Å². The lowest BCUT2D eigenvalue weighted by atomic mass is 10.1. The zero-order valence-electron chi connectivity index (χ0n) is 9.48. The summed E-state index contributed by atoms with van der Waals surface area (Å²) in [4.78, 5) is 0. The van der Waals surface area contributed by atoms with Crippen LogP contribution >= 0.6 is 0 Å². The molecule has 3 N–H and O–H groups in total. The largest absolute Gasteiger partial charge is 0.466 e. The van der Waals surface area contributed by atoms with Crippen LogP contribution in [0.25, 0.3) is 0 Å². The van der Waals surface area contributed by atoms with Crippen molar-refractivity contribution in [2.75, 3.05) is 6.54 Å². The minimum absolute atomic E-state index is 0.351. The molecule has 0 saturated carbocycles. The fraction of sp³-hybridized carbons (Fsp3) is 0.636. The third-order valence-electron chi connectivity index (χ3n) is 2.69. The van der Waals surface area contributed by atoms with Gasteiger partial charge in [-0.3, -0.25) is 0 Å². The minimum atomic E-state index is 0.351. The van der Waals surface area contributed by atoms with Crippen molar-refractivity contribution in [3.63, 3.8) is 0 Å². The third-order valence-corrected chi connectivity index (χ3v) is 2.69. The second kappa shape index (κ2) is 4.62. The quantitative estimate of drug-likeness (QED) is 0.769. The van der Waals surface area contributed by atoms with Crippen LogP contribution in [-0.2, 0) is 6.54 Å². The number of aryl methyl sites for hydroxylation is 2. The van der Waals surface area contributed by atoms with Crippen LogP contribution in [0.15, 0.2) is 4.42 Å². The van der Waals surface area contributed by atoms with E-state index in [0.29, 0.717) is 12.6 Å². The molecule has 1 aromatic heterocycles. The number of hydrogen-bond donors (Lipinski definition) is 2. The number of rotatable bonds is 4. The van der Waals surface area contributed by atoms with Crippen molar-refractivity contribution in [1.82, 2.24) is 5.32 Å². The summed E-state index contributed by atoms with van der Waals surface area (Å²) in [5.74, 6) is 2.02. The van der Waals surface area contributed by atoms with Gasteiger partial charge in [-0.25, -0.2) is 0 Å². The van der Waals surface area contributed by atoms with E-state index in [0.717, 1.165) is 18.1 Å². The average molecular weight is 196 g/mol. The van der Waals surface area contributed by atoms with E-state index in [1.807, 2.05) is 13.8 Å². The summed E-state index contributed by atoms with van der Waals surface area (Å²) < 4.78 is 5.54. The van der Waals surface area contributed by atoms with Crippen molar-refractivity contribution in [1.29, 1.82) is 0 Å². The van der Waals surface area contributed by atoms with E-state index in [2.05, 4.69) is 19.2 Å². The molecule has 0 radical (unpaired) electrons. The van der Waals surface area contributed by atoms with Gasteiger partial charge in [0, 0.05) is 24.7 Å². The molecule has 0 bridgehead atoms. The SMILES string of the molecule is Cc1oc(C)c(CNC(C)CN)c1C. The van der Waals surface area contributed by atoms with E-state index in [-0.39, 0.29) is 0 Å². The van der Waals surface area contributed by atoms with Gasteiger partial charge < -0.3 is 15.5 Å². The maximum atomic E-state index is 5.54. The van der Waals surface area contributed by atoms with Crippen molar-refractivity contribution in [3.05, 3.63) is 22.6 Å². The molecule has 0 aliphatic carbocycles. The molecule has 0 spiro atoms. The van der Waals surface area contributed by atoms with Crippen LogP contribution in [-0.4, -0.2) is 12.6 Å². The topological polar surface area (TPSA) is 51.2 Å². The van der Waals surface area contributed by atoms with Gasteiger partial charge in [0.25, 0.3) is 0 Å². The van der Waals surface area contributed by atoms with E-state index in [4.69, 9.17) is 10.2 Å². The normalized spacial score (nSPS) is 13.2. The highest BCUT2D eigenvalue weighted by Gasteiger charge is 2.11. The summed E-state index contributed by atoms with van der Waals surface area (Å²) in [5.41, 5.74) is 8.05. The Morgan fingerprint density at radius 2 is 1.93 bits per heavy atom. The lowest BCUT2D eigenvalue weighted by Crippen LogP contribution is -2.32. The Morgan fingerprint density at radius 1 is 1.29 bits per heavy atom. The highest BCUT2D eigenvalue weighted by Crippen LogP contribution is 2.20. The second-order valence-corrected chi connectivity index (χ2v) is 3.84. The molecule has 1 aromatic rings. The van der Waals surface area contributed by atoms with Crippen LogP contribution in [0.1, 0.15) is 29.6 Å². The van der Waals surface area contributed by atoms with Crippen molar-refractivity contribution in [2.45, 2.75) is 40.3 Å². The van der Waals surface area contributed by atoms with Crippen LogP contribution in [0.5, 0.6) is 0 Å². The molecule has 0 amide bonds. The molecule has 1 heterocycles. The summed E-state index contributed by atoms with van der Waals surface area (Å²) in [6.45, 7) is 9.68. The Bertz CT molecular complexity index is 304. The standard InChI is InChI=1S/C11H20N2O/c1-7(5-12)13-6-11-8(2)9(3)14-10(11)4/h7,13H,5-6,12H2,1-4H3. The Morgan fingerprint density at radius 3 is 2.36 bits per heavy atom. The molecular weight excluding hydrogens is 176 g/mol. The molecule has 14 heavy (non-hydrogen) atoms. The zero-order chi connectivity index (χ0) is 10.7. The van der Waals surface area contributed by atoms with Gasteiger partial charge >= 0.3 is 0 Å². The molecule has 0 aliphatic rings. The number of nitrogens with two attached hydrogens (primary N) is 1. The third kappa shape index (κ3) is 2.36. The van der Waals surface area contributed by atoms with Gasteiger partial charge in [0.1, 0.15) is 11.5 Å². The Kier molecular flexibility index (Phi) is 3.72.